The average Bonchev–Trinajstić information content (AvgIpc) is 2.91. The van der Waals surface area contributed by atoms with Gasteiger partial charge in [0.1, 0.15) is 0 Å². The van der Waals surface area contributed by atoms with Crippen LogP contribution in [0.25, 0.3) is 0 Å². The molecule has 0 radical (unpaired) electrons. The Morgan fingerprint density at radius 3 is 2.08 bits per heavy atom. The van der Waals surface area contributed by atoms with Crippen LogP contribution in [0.3, 0.4) is 0 Å². The zero-order chi connectivity index (χ0) is 27.1. The Hall–Kier alpha value is -3.38. The van der Waals surface area contributed by atoms with Crippen molar-refractivity contribution >= 4 is 17.5 Å². The lowest BCUT2D eigenvalue weighted by Gasteiger charge is -2.38. The van der Waals surface area contributed by atoms with Crippen molar-refractivity contribution in [3.63, 3.8) is 0 Å². The molecular weight excluding hydrogens is 502 g/mol. The number of halogens is 1. The van der Waals surface area contributed by atoms with Crippen molar-refractivity contribution in [3.05, 3.63) is 81.9 Å². The monoisotopic (exact) mass is 537 g/mol. The fraction of sp³-hybridized carbons (Fsp3) is 0.387. The van der Waals surface area contributed by atoms with E-state index in [0.29, 0.717) is 73.6 Å². The molecule has 1 aliphatic heterocycles. The number of hydrogen-bond donors (Lipinski definition) is 0. The van der Waals surface area contributed by atoms with Gasteiger partial charge in [0.2, 0.25) is 0 Å². The van der Waals surface area contributed by atoms with Crippen LogP contribution in [0.4, 0.5) is 0 Å². The molecule has 1 aliphatic rings. The molecule has 1 atom stereocenters. The van der Waals surface area contributed by atoms with E-state index in [1.165, 1.54) is 0 Å². The SMILES string of the molecule is CCOc1ccc(C[C@H]2c3cc(OCC)c(OCC)cc3CCN2C(=O)c2ccccc2Cl)cc1OCC. The van der Waals surface area contributed by atoms with Gasteiger partial charge in [-0.05, 0) is 93.6 Å². The summed E-state index contributed by atoms with van der Waals surface area (Å²) < 4.78 is 23.5. The fourth-order valence-electron chi connectivity index (χ4n) is 4.94. The summed E-state index contributed by atoms with van der Waals surface area (Å²) >= 11 is 6.46. The van der Waals surface area contributed by atoms with Gasteiger partial charge in [0.15, 0.2) is 23.0 Å². The average molecular weight is 538 g/mol. The van der Waals surface area contributed by atoms with Crippen LogP contribution >= 0.6 is 11.6 Å². The maximum Gasteiger partial charge on any atom is 0.255 e. The Morgan fingerprint density at radius 2 is 1.42 bits per heavy atom. The third-order valence-electron chi connectivity index (χ3n) is 6.56. The Morgan fingerprint density at radius 1 is 0.816 bits per heavy atom. The van der Waals surface area contributed by atoms with E-state index in [1.807, 2.05) is 69.0 Å². The molecule has 1 heterocycles. The van der Waals surface area contributed by atoms with Gasteiger partial charge in [0.05, 0.1) is 43.1 Å². The standard InChI is InChI=1S/C31H36ClNO5/c1-5-35-27-14-13-21(18-28(27)36-6-2)17-26-24-20-30(38-8-4)29(37-7-3)19-22(24)15-16-33(26)31(34)23-11-9-10-12-25(23)32/h9-14,18-20,26H,5-8,15-17H2,1-4H3/t26-/m0/s1. The topological polar surface area (TPSA) is 57.2 Å². The first-order chi connectivity index (χ1) is 18.5. The summed E-state index contributed by atoms with van der Waals surface area (Å²) in [6.45, 7) is 10.5. The van der Waals surface area contributed by atoms with Crippen molar-refractivity contribution in [2.75, 3.05) is 33.0 Å². The minimum Gasteiger partial charge on any atom is -0.490 e. The maximum atomic E-state index is 13.9. The summed E-state index contributed by atoms with van der Waals surface area (Å²) in [5.41, 5.74) is 3.75. The minimum atomic E-state index is -0.232. The Balaban J connectivity index is 1.79. The normalized spacial score (nSPS) is 14.6. The maximum absolute atomic E-state index is 13.9. The van der Waals surface area contributed by atoms with Crippen LogP contribution in [0, 0.1) is 0 Å². The second-order valence-corrected chi connectivity index (χ2v) is 9.37. The number of carbonyl (C=O) groups excluding carboxylic acids is 1. The van der Waals surface area contributed by atoms with Gasteiger partial charge in [-0.25, -0.2) is 0 Å². The molecule has 1 amide bonds. The highest BCUT2D eigenvalue weighted by atomic mass is 35.5. The number of amides is 1. The predicted octanol–water partition coefficient (Wildman–Crippen LogP) is 6.92. The van der Waals surface area contributed by atoms with E-state index < -0.39 is 0 Å². The highest BCUT2D eigenvalue weighted by Gasteiger charge is 2.34. The zero-order valence-electron chi connectivity index (χ0n) is 22.6. The number of carbonyl (C=O) groups is 1. The summed E-state index contributed by atoms with van der Waals surface area (Å²) in [6, 6.07) is 17.1. The summed E-state index contributed by atoms with van der Waals surface area (Å²) in [7, 11) is 0. The van der Waals surface area contributed by atoms with Gasteiger partial charge in [0.25, 0.3) is 5.91 Å². The van der Waals surface area contributed by atoms with E-state index >= 15 is 0 Å². The number of rotatable bonds is 11. The highest BCUT2D eigenvalue weighted by molar-refractivity contribution is 6.33. The first-order valence-electron chi connectivity index (χ1n) is 13.4. The van der Waals surface area contributed by atoms with Crippen LogP contribution in [-0.4, -0.2) is 43.8 Å². The molecule has 0 fully saturated rings. The lowest BCUT2D eigenvalue weighted by atomic mass is 9.87. The Kier molecular flexibility index (Phi) is 9.40. The summed E-state index contributed by atoms with van der Waals surface area (Å²) in [5.74, 6) is 2.75. The quantitative estimate of drug-likeness (QED) is 0.266. The van der Waals surface area contributed by atoms with Crippen LogP contribution in [0.5, 0.6) is 23.0 Å². The van der Waals surface area contributed by atoms with Crippen molar-refractivity contribution in [2.24, 2.45) is 0 Å². The first-order valence-corrected chi connectivity index (χ1v) is 13.7. The number of nitrogens with zero attached hydrogens (tertiary/aromatic N) is 1. The largest absolute Gasteiger partial charge is 0.490 e. The van der Waals surface area contributed by atoms with E-state index in [1.54, 1.807) is 12.1 Å². The first kappa shape index (κ1) is 27.6. The molecular formula is C31H36ClNO5. The van der Waals surface area contributed by atoms with Crippen molar-refractivity contribution in [1.82, 2.24) is 4.90 Å². The number of benzene rings is 3. The van der Waals surface area contributed by atoms with Crippen LogP contribution in [-0.2, 0) is 12.8 Å². The fourth-order valence-corrected chi connectivity index (χ4v) is 5.16. The Labute approximate surface area is 230 Å². The Bertz CT molecular complexity index is 1260. The van der Waals surface area contributed by atoms with Crippen LogP contribution in [0.1, 0.15) is 60.8 Å². The van der Waals surface area contributed by atoms with E-state index in [0.717, 1.165) is 22.4 Å². The molecule has 0 N–H and O–H groups in total. The van der Waals surface area contributed by atoms with Crippen LogP contribution in [0.15, 0.2) is 54.6 Å². The van der Waals surface area contributed by atoms with Gasteiger partial charge in [0, 0.05) is 6.54 Å². The van der Waals surface area contributed by atoms with Crippen molar-refractivity contribution < 1.29 is 23.7 Å². The van der Waals surface area contributed by atoms with Gasteiger partial charge in [-0.1, -0.05) is 29.8 Å². The second-order valence-electron chi connectivity index (χ2n) is 8.96. The molecule has 0 bridgehead atoms. The van der Waals surface area contributed by atoms with Crippen LogP contribution < -0.4 is 18.9 Å². The molecule has 4 rings (SSSR count). The molecule has 3 aromatic rings. The molecule has 3 aromatic carbocycles. The zero-order valence-corrected chi connectivity index (χ0v) is 23.3. The number of ether oxygens (including phenoxy) is 4. The molecule has 202 valence electrons. The van der Waals surface area contributed by atoms with Crippen LogP contribution in [0.2, 0.25) is 5.02 Å². The number of fused-ring (bicyclic) bond motifs is 1. The van der Waals surface area contributed by atoms with Crippen molar-refractivity contribution in [2.45, 2.75) is 46.6 Å². The third-order valence-corrected chi connectivity index (χ3v) is 6.89. The number of hydrogen-bond acceptors (Lipinski definition) is 5. The summed E-state index contributed by atoms with van der Waals surface area (Å²) in [5, 5.41) is 0.448. The lowest BCUT2D eigenvalue weighted by molar-refractivity contribution is 0.0659. The molecule has 38 heavy (non-hydrogen) atoms. The van der Waals surface area contributed by atoms with E-state index in [2.05, 4.69) is 6.07 Å². The molecule has 7 heteroatoms. The van der Waals surface area contributed by atoms with Crippen molar-refractivity contribution in [1.29, 1.82) is 0 Å². The molecule has 0 unspecified atom stereocenters. The molecule has 0 saturated heterocycles. The highest BCUT2D eigenvalue weighted by Crippen LogP contribution is 2.41. The third kappa shape index (κ3) is 6.02. The van der Waals surface area contributed by atoms with Gasteiger partial charge in [-0.15, -0.1) is 0 Å². The molecule has 0 saturated carbocycles. The summed E-state index contributed by atoms with van der Waals surface area (Å²) in [6.07, 6.45) is 1.30. The predicted molar refractivity (Wildman–Crippen MR) is 150 cm³/mol. The lowest BCUT2D eigenvalue weighted by Crippen LogP contribution is -2.41. The van der Waals surface area contributed by atoms with Crippen molar-refractivity contribution in [3.8, 4) is 23.0 Å². The van der Waals surface area contributed by atoms with Gasteiger partial charge in [-0.2, -0.15) is 0 Å². The van der Waals surface area contributed by atoms with Gasteiger partial charge >= 0.3 is 0 Å². The van der Waals surface area contributed by atoms with E-state index in [4.69, 9.17) is 30.5 Å². The minimum absolute atomic E-state index is 0.0888. The summed E-state index contributed by atoms with van der Waals surface area (Å²) in [4.78, 5) is 15.8. The molecule has 0 spiro atoms. The second kappa shape index (κ2) is 12.9. The molecule has 0 aromatic heterocycles. The van der Waals surface area contributed by atoms with E-state index in [-0.39, 0.29) is 11.9 Å². The van der Waals surface area contributed by atoms with Gasteiger partial charge < -0.3 is 23.8 Å². The van der Waals surface area contributed by atoms with Gasteiger partial charge in [-0.3, -0.25) is 4.79 Å². The molecule has 0 aliphatic carbocycles. The smallest absolute Gasteiger partial charge is 0.255 e. The molecule has 6 nitrogen and oxygen atoms in total. The van der Waals surface area contributed by atoms with E-state index in [9.17, 15) is 4.79 Å².